The standard InChI is InChI=1S/C22H24Cl2F3N3O3S/c23-17-12-16(13-18(24)20(17)28)34(32,33)29-19(7-6-14-4-2-1-3-5-14)21(31)30-10-8-15(9-11-30)22(25,26)27/h1-5,12-13,15,19,29H,6-11,28H2/t19-/m1/s1. The van der Waals surface area contributed by atoms with Crippen molar-refractivity contribution < 1.29 is 26.4 Å². The van der Waals surface area contributed by atoms with Crippen molar-refractivity contribution in [3.63, 3.8) is 0 Å². The van der Waals surface area contributed by atoms with Gasteiger partial charge in [0.15, 0.2) is 0 Å². The third kappa shape index (κ3) is 6.56. The summed E-state index contributed by atoms with van der Waals surface area (Å²) in [5.41, 5.74) is 6.58. The highest BCUT2D eigenvalue weighted by Crippen LogP contribution is 2.34. The molecule has 1 heterocycles. The fraction of sp³-hybridized carbons (Fsp3) is 0.409. The summed E-state index contributed by atoms with van der Waals surface area (Å²) in [6.07, 6.45) is -4.29. The van der Waals surface area contributed by atoms with Gasteiger partial charge in [0.05, 0.1) is 26.5 Å². The second kappa shape index (κ2) is 10.7. The van der Waals surface area contributed by atoms with Crippen LogP contribution >= 0.6 is 23.2 Å². The molecule has 0 saturated carbocycles. The molecule has 1 aliphatic rings. The van der Waals surface area contributed by atoms with Crippen LogP contribution in [0.5, 0.6) is 0 Å². The smallest absolute Gasteiger partial charge is 0.391 e. The summed E-state index contributed by atoms with van der Waals surface area (Å²) in [6.45, 7) is -0.210. The van der Waals surface area contributed by atoms with Crippen LogP contribution in [0.3, 0.4) is 0 Å². The van der Waals surface area contributed by atoms with Crippen LogP contribution in [0.2, 0.25) is 10.0 Å². The number of hydrogen-bond acceptors (Lipinski definition) is 4. The van der Waals surface area contributed by atoms with Crippen molar-refractivity contribution in [1.29, 1.82) is 0 Å². The van der Waals surface area contributed by atoms with E-state index < -0.39 is 34.1 Å². The second-order valence-corrected chi connectivity index (χ2v) is 10.7. The van der Waals surface area contributed by atoms with Gasteiger partial charge >= 0.3 is 6.18 Å². The molecule has 0 bridgehead atoms. The van der Waals surface area contributed by atoms with Gasteiger partial charge < -0.3 is 10.6 Å². The molecule has 0 aromatic heterocycles. The lowest BCUT2D eigenvalue weighted by Crippen LogP contribution is -2.51. The second-order valence-electron chi connectivity index (χ2n) is 8.14. The Hall–Kier alpha value is -2.01. The van der Waals surface area contributed by atoms with Crippen LogP contribution < -0.4 is 10.5 Å². The highest BCUT2D eigenvalue weighted by atomic mass is 35.5. The molecule has 186 valence electrons. The van der Waals surface area contributed by atoms with E-state index in [0.29, 0.717) is 6.42 Å². The third-order valence-electron chi connectivity index (χ3n) is 5.79. The third-order valence-corrected chi connectivity index (χ3v) is 7.87. The number of aryl methyl sites for hydroxylation is 1. The molecule has 2 aromatic rings. The molecule has 3 N–H and O–H groups in total. The molecule has 1 saturated heterocycles. The van der Waals surface area contributed by atoms with Crippen molar-refractivity contribution in [3.05, 3.63) is 58.1 Å². The SMILES string of the molecule is Nc1c(Cl)cc(S(=O)(=O)N[C@H](CCc2ccccc2)C(=O)N2CCC(C(F)(F)F)CC2)cc1Cl. The molecule has 12 heteroatoms. The van der Waals surface area contributed by atoms with Crippen molar-refractivity contribution >= 4 is 44.8 Å². The van der Waals surface area contributed by atoms with Gasteiger partial charge in [0.2, 0.25) is 15.9 Å². The van der Waals surface area contributed by atoms with E-state index in [4.69, 9.17) is 28.9 Å². The number of carbonyl (C=O) groups excluding carboxylic acids is 1. The average molecular weight is 538 g/mol. The van der Waals surface area contributed by atoms with Crippen molar-refractivity contribution in [2.45, 2.75) is 42.8 Å². The normalized spacial score (nSPS) is 16.4. The lowest BCUT2D eigenvalue weighted by Gasteiger charge is -2.35. The topological polar surface area (TPSA) is 92.5 Å². The van der Waals surface area contributed by atoms with E-state index in [9.17, 15) is 26.4 Å². The molecule has 1 amide bonds. The highest BCUT2D eigenvalue weighted by Gasteiger charge is 2.42. The molecule has 1 atom stereocenters. The number of benzene rings is 2. The van der Waals surface area contributed by atoms with Crippen LogP contribution in [-0.2, 0) is 21.2 Å². The fourth-order valence-electron chi connectivity index (χ4n) is 3.81. The minimum atomic E-state index is -4.32. The number of hydrogen-bond donors (Lipinski definition) is 2. The Bertz CT molecular complexity index is 1100. The number of piperidine rings is 1. The quantitative estimate of drug-likeness (QED) is 0.502. The molecule has 2 aromatic carbocycles. The highest BCUT2D eigenvalue weighted by molar-refractivity contribution is 7.89. The minimum Gasteiger partial charge on any atom is -0.396 e. The largest absolute Gasteiger partial charge is 0.396 e. The number of carbonyl (C=O) groups is 1. The number of nitrogens with zero attached hydrogens (tertiary/aromatic N) is 1. The molecular formula is C22H24Cl2F3N3O3S. The lowest BCUT2D eigenvalue weighted by molar-refractivity contribution is -0.186. The van der Waals surface area contributed by atoms with Gasteiger partial charge in [-0.25, -0.2) is 8.42 Å². The molecule has 0 radical (unpaired) electrons. The van der Waals surface area contributed by atoms with E-state index in [0.717, 1.165) is 17.7 Å². The van der Waals surface area contributed by atoms with Gasteiger partial charge in [-0.15, -0.1) is 0 Å². The summed E-state index contributed by atoms with van der Waals surface area (Å²) in [6, 6.07) is 10.2. The Labute approximate surface area is 206 Å². The molecule has 1 fully saturated rings. The first-order valence-electron chi connectivity index (χ1n) is 10.5. The van der Waals surface area contributed by atoms with E-state index >= 15 is 0 Å². The van der Waals surface area contributed by atoms with E-state index in [2.05, 4.69) is 4.72 Å². The van der Waals surface area contributed by atoms with Gasteiger partial charge in [-0.05, 0) is 43.4 Å². The maximum atomic E-state index is 13.2. The first-order chi connectivity index (χ1) is 15.9. The van der Waals surface area contributed by atoms with E-state index in [1.54, 1.807) is 0 Å². The summed E-state index contributed by atoms with van der Waals surface area (Å²) in [5.74, 6) is -2.05. The number of halogens is 5. The predicted molar refractivity (Wildman–Crippen MR) is 125 cm³/mol. The summed E-state index contributed by atoms with van der Waals surface area (Å²) in [7, 11) is -4.25. The van der Waals surface area contributed by atoms with Crippen LogP contribution in [0.15, 0.2) is 47.4 Å². The number of rotatable bonds is 7. The monoisotopic (exact) mass is 537 g/mol. The molecule has 0 aliphatic carbocycles. The Morgan fingerprint density at radius 2 is 1.68 bits per heavy atom. The maximum Gasteiger partial charge on any atom is 0.391 e. The predicted octanol–water partition coefficient (Wildman–Crippen LogP) is 4.66. The number of nitrogen functional groups attached to an aromatic ring is 1. The summed E-state index contributed by atoms with van der Waals surface area (Å²) in [5, 5.41) is -0.122. The number of alkyl halides is 3. The van der Waals surface area contributed by atoms with Gasteiger partial charge in [0.1, 0.15) is 6.04 Å². The van der Waals surface area contributed by atoms with Crippen LogP contribution in [-0.4, -0.2) is 44.5 Å². The van der Waals surface area contributed by atoms with E-state index in [-0.39, 0.29) is 53.0 Å². The molecule has 0 unspecified atom stereocenters. The van der Waals surface area contributed by atoms with Crippen LogP contribution in [0.4, 0.5) is 18.9 Å². The Kier molecular flexibility index (Phi) is 8.38. The zero-order valence-electron chi connectivity index (χ0n) is 18.0. The number of anilines is 1. The molecule has 34 heavy (non-hydrogen) atoms. The lowest BCUT2D eigenvalue weighted by atomic mass is 9.95. The van der Waals surface area contributed by atoms with Crippen molar-refractivity contribution in [2.24, 2.45) is 5.92 Å². The van der Waals surface area contributed by atoms with Gasteiger partial charge in [0, 0.05) is 13.1 Å². The summed E-state index contributed by atoms with van der Waals surface area (Å²) < 4.78 is 67.5. The Balaban J connectivity index is 1.81. The summed E-state index contributed by atoms with van der Waals surface area (Å²) in [4.78, 5) is 14.2. The Morgan fingerprint density at radius 3 is 2.21 bits per heavy atom. The number of amides is 1. The van der Waals surface area contributed by atoms with Crippen LogP contribution in [0.1, 0.15) is 24.8 Å². The van der Waals surface area contributed by atoms with Crippen LogP contribution in [0, 0.1) is 5.92 Å². The first kappa shape index (κ1) is 26.6. The maximum absolute atomic E-state index is 13.2. The number of nitrogens with one attached hydrogen (secondary N) is 1. The van der Waals surface area contributed by atoms with Crippen molar-refractivity contribution in [1.82, 2.24) is 9.62 Å². The zero-order valence-corrected chi connectivity index (χ0v) is 20.3. The van der Waals surface area contributed by atoms with Gasteiger partial charge in [-0.3, -0.25) is 4.79 Å². The van der Waals surface area contributed by atoms with Crippen LogP contribution in [0.25, 0.3) is 0 Å². The molecule has 0 spiro atoms. The van der Waals surface area contributed by atoms with Crippen molar-refractivity contribution in [2.75, 3.05) is 18.8 Å². The molecule has 3 rings (SSSR count). The number of nitrogens with two attached hydrogens (primary N) is 1. The summed E-state index contributed by atoms with van der Waals surface area (Å²) >= 11 is 11.9. The average Bonchev–Trinajstić information content (AvgIpc) is 2.79. The van der Waals surface area contributed by atoms with Gasteiger partial charge in [-0.1, -0.05) is 53.5 Å². The zero-order chi connectivity index (χ0) is 25.1. The Morgan fingerprint density at radius 1 is 1.12 bits per heavy atom. The minimum absolute atomic E-state index is 0.0199. The molecular weight excluding hydrogens is 514 g/mol. The van der Waals surface area contributed by atoms with E-state index in [1.807, 2.05) is 30.3 Å². The molecule has 6 nitrogen and oxygen atoms in total. The van der Waals surface area contributed by atoms with Gasteiger partial charge in [-0.2, -0.15) is 17.9 Å². The van der Waals surface area contributed by atoms with E-state index in [1.165, 1.54) is 4.90 Å². The number of sulfonamides is 1. The number of likely N-dealkylation sites (tertiary alicyclic amines) is 1. The first-order valence-corrected chi connectivity index (χ1v) is 12.8. The molecule has 1 aliphatic heterocycles. The fourth-order valence-corrected chi connectivity index (χ4v) is 5.70. The van der Waals surface area contributed by atoms with Gasteiger partial charge in [0.25, 0.3) is 0 Å². The van der Waals surface area contributed by atoms with Crippen molar-refractivity contribution in [3.8, 4) is 0 Å².